The lowest BCUT2D eigenvalue weighted by Gasteiger charge is -2.55. The maximum atomic E-state index is 3.64. The first-order valence-electron chi connectivity index (χ1n) is 6.61. The molecule has 0 aliphatic heterocycles. The molecule has 1 fully saturated rings. The van der Waals surface area contributed by atoms with E-state index in [1.807, 2.05) is 0 Å². The quantitative estimate of drug-likeness (QED) is 0.809. The molecule has 0 spiro atoms. The molecule has 0 aromatic heterocycles. The Morgan fingerprint density at radius 3 is 2.65 bits per heavy atom. The molecule has 1 aromatic rings. The average molecular weight is 343 g/mol. The van der Waals surface area contributed by atoms with Gasteiger partial charge in [0.25, 0.3) is 0 Å². The number of hydrogen-bond donors (Lipinski definition) is 1. The highest BCUT2D eigenvalue weighted by Gasteiger charge is 2.50. The zero-order valence-corrected chi connectivity index (χ0v) is 13.1. The van der Waals surface area contributed by atoms with Gasteiger partial charge < -0.3 is 5.32 Å². The van der Waals surface area contributed by atoms with Crippen LogP contribution in [-0.4, -0.2) is 12.6 Å². The van der Waals surface area contributed by atoms with E-state index in [0.717, 1.165) is 12.5 Å². The molecule has 0 bridgehead atoms. The second kappa shape index (κ2) is 5.27. The van der Waals surface area contributed by atoms with Gasteiger partial charge in [0.05, 0.1) is 0 Å². The largest absolute Gasteiger partial charge is 0.314 e. The van der Waals surface area contributed by atoms with E-state index < -0.39 is 0 Å². The zero-order valence-electron chi connectivity index (χ0n) is 11.0. The van der Waals surface area contributed by atoms with Gasteiger partial charge in [0, 0.05) is 9.61 Å². The molecule has 0 amide bonds. The van der Waals surface area contributed by atoms with Gasteiger partial charge in [0.2, 0.25) is 0 Å². The van der Waals surface area contributed by atoms with Crippen molar-refractivity contribution in [2.45, 2.75) is 45.6 Å². The molecule has 1 nitrogen and oxygen atoms in total. The monoisotopic (exact) mass is 343 g/mol. The van der Waals surface area contributed by atoms with Crippen LogP contribution in [0, 0.1) is 8.99 Å². The maximum Gasteiger partial charge on any atom is 0.0165 e. The van der Waals surface area contributed by atoms with Crippen molar-refractivity contribution in [1.29, 1.82) is 0 Å². The first kappa shape index (κ1) is 13.3. The Labute approximate surface area is 119 Å². The van der Waals surface area contributed by atoms with Gasteiger partial charge in [-0.25, -0.2) is 0 Å². The van der Waals surface area contributed by atoms with Crippen LogP contribution in [0.4, 0.5) is 0 Å². The summed E-state index contributed by atoms with van der Waals surface area (Å²) >= 11 is 2.47. The third kappa shape index (κ3) is 2.26. The Morgan fingerprint density at radius 2 is 2.06 bits per heavy atom. The van der Waals surface area contributed by atoms with Gasteiger partial charge in [0.15, 0.2) is 0 Å². The van der Waals surface area contributed by atoms with Crippen molar-refractivity contribution in [2.75, 3.05) is 6.54 Å². The molecule has 2 heteroatoms. The van der Waals surface area contributed by atoms with Crippen LogP contribution in [0.15, 0.2) is 24.3 Å². The van der Waals surface area contributed by atoms with Crippen molar-refractivity contribution < 1.29 is 0 Å². The molecule has 1 aliphatic rings. The van der Waals surface area contributed by atoms with E-state index in [9.17, 15) is 0 Å². The van der Waals surface area contributed by atoms with Crippen molar-refractivity contribution in [3.63, 3.8) is 0 Å². The van der Waals surface area contributed by atoms with Crippen LogP contribution in [0.5, 0.6) is 0 Å². The molecular weight excluding hydrogens is 321 g/mol. The van der Waals surface area contributed by atoms with Crippen molar-refractivity contribution in [3.8, 4) is 0 Å². The van der Waals surface area contributed by atoms with Crippen LogP contribution >= 0.6 is 22.6 Å². The first-order valence-corrected chi connectivity index (χ1v) is 7.69. The SMILES string of the molecule is CCNC1CC(c2ccccc2I)C1(C)CC. The minimum Gasteiger partial charge on any atom is -0.314 e. The molecule has 17 heavy (non-hydrogen) atoms. The lowest BCUT2D eigenvalue weighted by molar-refractivity contribution is 0.0451. The van der Waals surface area contributed by atoms with Crippen molar-refractivity contribution in [3.05, 3.63) is 33.4 Å². The molecule has 1 N–H and O–H groups in total. The minimum atomic E-state index is 0.428. The maximum absolute atomic E-state index is 3.64. The normalized spacial score (nSPS) is 32.2. The van der Waals surface area contributed by atoms with E-state index in [0.29, 0.717) is 11.5 Å². The third-order valence-electron chi connectivity index (χ3n) is 4.56. The van der Waals surface area contributed by atoms with Crippen molar-refractivity contribution >= 4 is 22.6 Å². The topological polar surface area (TPSA) is 12.0 Å². The highest BCUT2D eigenvalue weighted by Crippen LogP contribution is 2.55. The van der Waals surface area contributed by atoms with Crippen LogP contribution in [0.25, 0.3) is 0 Å². The summed E-state index contributed by atoms with van der Waals surface area (Å²) in [6.45, 7) is 8.05. The van der Waals surface area contributed by atoms with Gasteiger partial charge in [0.1, 0.15) is 0 Å². The van der Waals surface area contributed by atoms with Crippen molar-refractivity contribution in [2.24, 2.45) is 5.41 Å². The Morgan fingerprint density at radius 1 is 1.35 bits per heavy atom. The highest BCUT2D eigenvalue weighted by atomic mass is 127. The fraction of sp³-hybridized carbons (Fsp3) is 0.600. The highest BCUT2D eigenvalue weighted by molar-refractivity contribution is 14.1. The molecule has 3 unspecified atom stereocenters. The number of rotatable bonds is 4. The van der Waals surface area contributed by atoms with E-state index in [4.69, 9.17) is 0 Å². The summed E-state index contributed by atoms with van der Waals surface area (Å²) in [5.41, 5.74) is 1.98. The Kier molecular flexibility index (Phi) is 4.14. The lowest BCUT2D eigenvalue weighted by atomic mass is 9.54. The van der Waals surface area contributed by atoms with Gasteiger partial charge >= 0.3 is 0 Å². The summed E-state index contributed by atoms with van der Waals surface area (Å²) in [6, 6.07) is 9.54. The Hall–Kier alpha value is -0.0900. The smallest absolute Gasteiger partial charge is 0.0165 e. The van der Waals surface area contributed by atoms with Gasteiger partial charge in [-0.05, 0) is 64.9 Å². The number of benzene rings is 1. The molecule has 1 aliphatic carbocycles. The van der Waals surface area contributed by atoms with E-state index in [1.54, 1.807) is 5.56 Å². The Balaban J connectivity index is 2.22. The molecule has 94 valence electrons. The zero-order chi connectivity index (χ0) is 12.5. The third-order valence-corrected chi connectivity index (χ3v) is 5.54. The molecular formula is C15H22IN. The number of halogens is 1. The molecule has 0 heterocycles. The second-order valence-corrected chi connectivity index (χ2v) is 6.44. The minimum absolute atomic E-state index is 0.428. The standard InChI is InChI=1S/C15H22IN/c1-4-15(3)12(10-14(15)17-5-2)11-8-6-7-9-13(11)16/h6-9,12,14,17H,4-5,10H2,1-3H3. The number of hydrogen-bond acceptors (Lipinski definition) is 1. The Bertz CT molecular complexity index is 390. The summed E-state index contributed by atoms with van der Waals surface area (Å²) in [6.07, 6.45) is 2.54. The van der Waals surface area contributed by atoms with Crippen LogP contribution < -0.4 is 5.32 Å². The summed E-state index contributed by atoms with van der Waals surface area (Å²) in [5.74, 6) is 0.727. The number of nitrogens with one attached hydrogen (secondary N) is 1. The van der Waals surface area contributed by atoms with Gasteiger partial charge in [-0.15, -0.1) is 0 Å². The molecule has 1 aromatic carbocycles. The van der Waals surface area contributed by atoms with Crippen LogP contribution in [0.3, 0.4) is 0 Å². The average Bonchev–Trinajstić information content (AvgIpc) is 2.34. The fourth-order valence-corrected chi connectivity index (χ4v) is 3.92. The van der Waals surface area contributed by atoms with Crippen LogP contribution in [0.2, 0.25) is 0 Å². The molecule has 2 rings (SSSR count). The van der Waals surface area contributed by atoms with Crippen molar-refractivity contribution in [1.82, 2.24) is 5.32 Å². The summed E-state index contributed by atoms with van der Waals surface area (Å²) in [4.78, 5) is 0. The second-order valence-electron chi connectivity index (χ2n) is 5.28. The van der Waals surface area contributed by atoms with Gasteiger partial charge in [-0.2, -0.15) is 0 Å². The van der Waals surface area contributed by atoms with Crippen LogP contribution in [-0.2, 0) is 0 Å². The van der Waals surface area contributed by atoms with E-state index in [1.165, 1.54) is 16.4 Å². The predicted octanol–water partition coefficient (Wildman–Crippen LogP) is 4.17. The van der Waals surface area contributed by atoms with E-state index in [-0.39, 0.29) is 0 Å². The van der Waals surface area contributed by atoms with Gasteiger partial charge in [-0.3, -0.25) is 0 Å². The summed E-state index contributed by atoms with van der Waals surface area (Å²) in [5, 5.41) is 3.64. The summed E-state index contributed by atoms with van der Waals surface area (Å²) < 4.78 is 1.42. The van der Waals surface area contributed by atoms with Crippen LogP contribution in [0.1, 0.15) is 45.1 Å². The van der Waals surface area contributed by atoms with Gasteiger partial charge in [-0.1, -0.05) is 39.0 Å². The molecule has 0 saturated heterocycles. The summed E-state index contributed by atoms with van der Waals surface area (Å²) in [7, 11) is 0. The van der Waals surface area contributed by atoms with E-state index in [2.05, 4.69) is 72.9 Å². The predicted molar refractivity (Wildman–Crippen MR) is 82.4 cm³/mol. The molecule has 0 radical (unpaired) electrons. The molecule has 3 atom stereocenters. The fourth-order valence-electron chi connectivity index (χ4n) is 3.15. The molecule has 1 saturated carbocycles. The van der Waals surface area contributed by atoms with E-state index >= 15 is 0 Å². The lowest BCUT2D eigenvalue weighted by Crippen LogP contribution is -2.56. The first-order chi connectivity index (χ1) is 8.13.